The molecule has 15 heavy (non-hydrogen) atoms. The second-order valence-electron chi connectivity index (χ2n) is 4.27. The molecule has 2 heteroatoms. The molecule has 2 nitrogen and oxygen atoms in total. The second-order valence-corrected chi connectivity index (χ2v) is 4.27. The first-order valence-electron chi connectivity index (χ1n) is 5.84. The van der Waals surface area contributed by atoms with Gasteiger partial charge in [-0.1, -0.05) is 20.3 Å². The lowest BCUT2D eigenvalue weighted by atomic mass is 10.1. The fraction of sp³-hybridized carbons (Fsp3) is 0.615. The van der Waals surface area contributed by atoms with E-state index in [1.54, 1.807) is 0 Å². The lowest BCUT2D eigenvalue weighted by Crippen LogP contribution is -2.23. The van der Waals surface area contributed by atoms with Crippen LogP contribution in [-0.2, 0) is 6.42 Å². The largest absolute Gasteiger partial charge is 0.316 e. The molecule has 1 aromatic rings. The molecule has 0 aliphatic carbocycles. The number of nitrogens with zero attached hydrogens (tertiary/aromatic N) is 1. The van der Waals surface area contributed by atoms with Crippen LogP contribution in [0.1, 0.15) is 31.4 Å². The molecular weight excluding hydrogens is 184 g/mol. The Bertz CT molecular complexity index is 284. The maximum atomic E-state index is 4.09. The number of rotatable bonds is 6. The van der Waals surface area contributed by atoms with Gasteiger partial charge in [-0.05, 0) is 49.5 Å². The highest BCUT2D eigenvalue weighted by molar-refractivity contribution is 5.21. The van der Waals surface area contributed by atoms with Gasteiger partial charge in [-0.15, -0.1) is 0 Å². The lowest BCUT2D eigenvalue weighted by molar-refractivity contribution is 0.502. The van der Waals surface area contributed by atoms with Gasteiger partial charge < -0.3 is 5.32 Å². The van der Waals surface area contributed by atoms with Crippen molar-refractivity contribution in [2.45, 2.75) is 33.6 Å². The first-order valence-corrected chi connectivity index (χ1v) is 5.84. The molecule has 1 aromatic heterocycles. The van der Waals surface area contributed by atoms with Crippen LogP contribution in [0.25, 0.3) is 0 Å². The van der Waals surface area contributed by atoms with Gasteiger partial charge in [-0.2, -0.15) is 0 Å². The third-order valence-corrected chi connectivity index (χ3v) is 2.90. The summed E-state index contributed by atoms with van der Waals surface area (Å²) in [5.41, 5.74) is 2.70. The molecule has 0 saturated heterocycles. The van der Waals surface area contributed by atoms with Crippen LogP contribution in [0.15, 0.2) is 18.5 Å². The number of aryl methyl sites for hydroxylation is 1. The molecule has 0 saturated carbocycles. The number of hydrogen-bond donors (Lipinski definition) is 1. The van der Waals surface area contributed by atoms with Crippen LogP contribution in [0, 0.1) is 12.8 Å². The first-order chi connectivity index (χ1) is 7.24. The summed E-state index contributed by atoms with van der Waals surface area (Å²) in [6.45, 7) is 8.83. The summed E-state index contributed by atoms with van der Waals surface area (Å²) in [7, 11) is 0. The van der Waals surface area contributed by atoms with Crippen molar-refractivity contribution in [1.82, 2.24) is 10.3 Å². The standard InChI is InChI=1S/C13H22N2/c1-4-11(2)9-14-7-5-13-6-8-15-10-12(13)3/h6,8,10-11,14H,4-5,7,9H2,1-3H3. The number of hydrogen-bond acceptors (Lipinski definition) is 2. The van der Waals surface area contributed by atoms with E-state index >= 15 is 0 Å². The van der Waals surface area contributed by atoms with Crippen LogP contribution >= 0.6 is 0 Å². The molecule has 1 heterocycles. The van der Waals surface area contributed by atoms with E-state index in [0.717, 1.165) is 25.4 Å². The molecule has 0 radical (unpaired) electrons. The Morgan fingerprint density at radius 2 is 2.27 bits per heavy atom. The minimum atomic E-state index is 0.781. The average molecular weight is 206 g/mol. The van der Waals surface area contributed by atoms with E-state index in [-0.39, 0.29) is 0 Å². The summed E-state index contributed by atoms with van der Waals surface area (Å²) in [6, 6.07) is 2.11. The van der Waals surface area contributed by atoms with E-state index in [9.17, 15) is 0 Å². The smallest absolute Gasteiger partial charge is 0.0299 e. The van der Waals surface area contributed by atoms with Crippen molar-refractivity contribution in [3.8, 4) is 0 Å². The predicted molar refractivity (Wildman–Crippen MR) is 65.0 cm³/mol. The molecule has 0 fully saturated rings. The van der Waals surface area contributed by atoms with Crippen molar-refractivity contribution in [2.24, 2.45) is 5.92 Å². The van der Waals surface area contributed by atoms with Crippen LogP contribution in [0.2, 0.25) is 0 Å². The van der Waals surface area contributed by atoms with Crippen molar-refractivity contribution in [3.63, 3.8) is 0 Å². The monoisotopic (exact) mass is 206 g/mol. The summed E-state index contributed by atoms with van der Waals surface area (Å²) in [6.07, 6.45) is 6.16. The summed E-state index contributed by atoms with van der Waals surface area (Å²) >= 11 is 0. The fourth-order valence-electron chi connectivity index (χ4n) is 1.50. The number of pyridine rings is 1. The highest BCUT2D eigenvalue weighted by Gasteiger charge is 1.99. The van der Waals surface area contributed by atoms with Gasteiger partial charge in [0, 0.05) is 12.4 Å². The van der Waals surface area contributed by atoms with Gasteiger partial charge in [-0.25, -0.2) is 0 Å². The van der Waals surface area contributed by atoms with Crippen molar-refractivity contribution in [1.29, 1.82) is 0 Å². The van der Waals surface area contributed by atoms with E-state index in [2.05, 4.69) is 37.1 Å². The van der Waals surface area contributed by atoms with Gasteiger partial charge in [0.1, 0.15) is 0 Å². The van der Waals surface area contributed by atoms with Gasteiger partial charge in [0.2, 0.25) is 0 Å². The van der Waals surface area contributed by atoms with Gasteiger partial charge in [0.15, 0.2) is 0 Å². The van der Waals surface area contributed by atoms with Crippen LogP contribution in [0.4, 0.5) is 0 Å². The van der Waals surface area contributed by atoms with Crippen LogP contribution in [-0.4, -0.2) is 18.1 Å². The highest BCUT2D eigenvalue weighted by Crippen LogP contribution is 2.05. The van der Waals surface area contributed by atoms with E-state index in [1.807, 2.05) is 12.4 Å². The van der Waals surface area contributed by atoms with Crippen molar-refractivity contribution in [3.05, 3.63) is 29.6 Å². The fourth-order valence-corrected chi connectivity index (χ4v) is 1.50. The molecule has 0 aliphatic heterocycles. The third-order valence-electron chi connectivity index (χ3n) is 2.90. The molecule has 0 aromatic carbocycles. The molecule has 0 bridgehead atoms. The second kappa shape index (κ2) is 6.57. The number of nitrogens with one attached hydrogen (secondary N) is 1. The van der Waals surface area contributed by atoms with E-state index in [1.165, 1.54) is 17.5 Å². The summed E-state index contributed by atoms with van der Waals surface area (Å²) in [5, 5.41) is 3.49. The van der Waals surface area contributed by atoms with Gasteiger partial charge >= 0.3 is 0 Å². The lowest BCUT2D eigenvalue weighted by Gasteiger charge is -2.10. The Labute approximate surface area is 93.1 Å². The quantitative estimate of drug-likeness (QED) is 0.724. The van der Waals surface area contributed by atoms with Crippen molar-refractivity contribution < 1.29 is 0 Å². The zero-order valence-corrected chi connectivity index (χ0v) is 10.1. The minimum Gasteiger partial charge on any atom is -0.316 e. The molecule has 1 atom stereocenters. The Hall–Kier alpha value is -0.890. The molecule has 1 rings (SSSR count). The van der Waals surface area contributed by atoms with Crippen LogP contribution in [0.3, 0.4) is 0 Å². The molecule has 1 unspecified atom stereocenters. The molecule has 84 valence electrons. The molecule has 1 N–H and O–H groups in total. The van der Waals surface area contributed by atoms with E-state index in [4.69, 9.17) is 0 Å². The molecule has 0 spiro atoms. The first kappa shape index (κ1) is 12.2. The van der Waals surface area contributed by atoms with Crippen molar-refractivity contribution in [2.75, 3.05) is 13.1 Å². The summed E-state index contributed by atoms with van der Waals surface area (Å²) < 4.78 is 0. The maximum absolute atomic E-state index is 4.09. The third kappa shape index (κ3) is 4.43. The Morgan fingerprint density at radius 3 is 2.93 bits per heavy atom. The maximum Gasteiger partial charge on any atom is 0.0299 e. The molecule has 0 amide bonds. The molecular formula is C13H22N2. The van der Waals surface area contributed by atoms with Crippen molar-refractivity contribution >= 4 is 0 Å². The SMILES string of the molecule is CCC(C)CNCCc1ccncc1C. The summed E-state index contributed by atoms with van der Waals surface area (Å²) in [4.78, 5) is 4.09. The normalized spacial score (nSPS) is 12.7. The Morgan fingerprint density at radius 1 is 1.47 bits per heavy atom. The highest BCUT2D eigenvalue weighted by atomic mass is 14.8. The minimum absolute atomic E-state index is 0.781. The van der Waals surface area contributed by atoms with E-state index < -0.39 is 0 Å². The molecule has 0 aliphatic rings. The predicted octanol–water partition coefficient (Wildman–Crippen LogP) is 2.57. The van der Waals surface area contributed by atoms with Gasteiger partial charge in [-0.3, -0.25) is 4.98 Å². The van der Waals surface area contributed by atoms with E-state index in [0.29, 0.717) is 0 Å². The zero-order chi connectivity index (χ0) is 11.1. The summed E-state index contributed by atoms with van der Waals surface area (Å²) in [5.74, 6) is 0.781. The topological polar surface area (TPSA) is 24.9 Å². The van der Waals surface area contributed by atoms with Gasteiger partial charge in [0.05, 0.1) is 0 Å². The average Bonchev–Trinajstić information content (AvgIpc) is 2.26. The van der Waals surface area contributed by atoms with Crippen LogP contribution < -0.4 is 5.32 Å². The Kier molecular flexibility index (Phi) is 5.33. The zero-order valence-electron chi connectivity index (χ0n) is 10.1. The van der Waals surface area contributed by atoms with Crippen LogP contribution in [0.5, 0.6) is 0 Å². The van der Waals surface area contributed by atoms with Gasteiger partial charge in [0.25, 0.3) is 0 Å². The number of aromatic nitrogens is 1. The Balaban J connectivity index is 2.23.